The molecule has 30 heavy (non-hydrogen) atoms. The van der Waals surface area contributed by atoms with Gasteiger partial charge in [-0.05, 0) is 37.0 Å². The molecular formula is C20H23ClN4O4S. The molecule has 1 atom stereocenters. The monoisotopic (exact) mass is 450 g/mol. The smallest absolute Gasteiger partial charge is 0.276 e. The second kappa shape index (κ2) is 10.4. The van der Waals surface area contributed by atoms with Crippen LogP contribution in [0.5, 0.6) is 11.5 Å². The van der Waals surface area contributed by atoms with Crippen molar-refractivity contribution < 1.29 is 19.1 Å². The Kier molecular flexibility index (Phi) is 7.64. The topological polar surface area (TPSA) is 93.6 Å². The maximum absolute atomic E-state index is 13.2. The van der Waals surface area contributed by atoms with Crippen LogP contribution in [0.25, 0.3) is 0 Å². The first-order chi connectivity index (χ1) is 14.5. The normalized spacial score (nSPS) is 16.3. The van der Waals surface area contributed by atoms with E-state index in [-0.39, 0.29) is 30.7 Å². The fraction of sp³-hybridized carbons (Fsp3) is 0.400. The maximum atomic E-state index is 13.2. The Labute approximate surface area is 184 Å². The molecule has 1 saturated heterocycles. The van der Waals surface area contributed by atoms with E-state index in [1.807, 2.05) is 6.07 Å². The molecule has 1 aromatic carbocycles. The predicted molar refractivity (Wildman–Crippen MR) is 114 cm³/mol. The number of nitrogens with zero attached hydrogens (tertiary/aromatic N) is 3. The van der Waals surface area contributed by atoms with E-state index in [2.05, 4.69) is 20.6 Å². The Morgan fingerprint density at radius 3 is 2.93 bits per heavy atom. The van der Waals surface area contributed by atoms with Gasteiger partial charge in [0.2, 0.25) is 5.91 Å². The molecule has 8 nitrogen and oxygen atoms in total. The zero-order valence-electron chi connectivity index (χ0n) is 16.6. The van der Waals surface area contributed by atoms with Gasteiger partial charge < -0.3 is 19.7 Å². The quantitative estimate of drug-likeness (QED) is 0.664. The summed E-state index contributed by atoms with van der Waals surface area (Å²) in [5.41, 5.74) is 1.00. The zero-order valence-corrected chi connectivity index (χ0v) is 18.2. The SMILES string of the molecule is C=C(Cl)COc1cc(CN(C(=O)c2cnsn2)[C@H]2CCCCNC2=O)ccc1OC. The molecule has 3 rings (SSSR count). The zero-order chi connectivity index (χ0) is 21.5. The molecule has 1 fully saturated rings. The summed E-state index contributed by atoms with van der Waals surface area (Å²) < 4.78 is 19.0. The number of carbonyl (C=O) groups excluding carboxylic acids is 2. The molecule has 0 unspecified atom stereocenters. The highest BCUT2D eigenvalue weighted by molar-refractivity contribution is 6.99. The van der Waals surface area contributed by atoms with E-state index in [0.29, 0.717) is 29.5 Å². The number of rotatable bonds is 8. The third kappa shape index (κ3) is 5.48. The molecular weight excluding hydrogens is 428 g/mol. The first-order valence-corrected chi connectivity index (χ1v) is 10.6. The number of aromatic nitrogens is 2. The second-order valence-corrected chi connectivity index (χ2v) is 7.91. The minimum Gasteiger partial charge on any atom is -0.493 e. The summed E-state index contributed by atoms with van der Waals surface area (Å²) >= 11 is 6.76. The Morgan fingerprint density at radius 1 is 1.40 bits per heavy atom. The lowest BCUT2D eigenvalue weighted by molar-refractivity contribution is -0.125. The van der Waals surface area contributed by atoms with Crippen LogP contribution >= 0.6 is 23.3 Å². The highest BCUT2D eigenvalue weighted by Gasteiger charge is 2.32. The van der Waals surface area contributed by atoms with Crippen molar-refractivity contribution in [1.82, 2.24) is 19.0 Å². The van der Waals surface area contributed by atoms with Crippen molar-refractivity contribution in [2.45, 2.75) is 31.8 Å². The number of hydrogen-bond acceptors (Lipinski definition) is 7. The molecule has 1 aromatic heterocycles. The van der Waals surface area contributed by atoms with Crippen molar-refractivity contribution in [3.8, 4) is 11.5 Å². The first kappa shape index (κ1) is 22.0. The van der Waals surface area contributed by atoms with Crippen molar-refractivity contribution >= 4 is 35.1 Å². The molecule has 1 aliphatic heterocycles. The highest BCUT2D eigenvalue weighted by atomic mass is 35.5. The van der Waals surface area contributed by atoms with E-state index in [0.717, 1.165) is 30.1 Å². The van der Waals surface area contributed by atoms with Crippen LogP contribution in [0.4, 0.5) is 0 Å². The molecule has 1 N–H and O–H groups in total. The second-order valence-electron chi connectivity index (χ2n) is 6.82. The summed E-state index contributed by atoms with van der Waals surface area (Å²) in [5, 5.41) is 3.24. The number of hydrogen-bond donors (Lipinski definition) is 1. The number of amides is 2. The lowest BCUT2D eigenvalue weighted by Gasteiger charge is -2.29. The van der Waals surface area contributed by atoms with Gasteiger partial charge in [-0.2, -0.15) is 8.75 Å². The molecule has 1 aliphatic rings. The van der Waals surface area contributed by atoms with Gasteiger partial charge in [-0.3, -0.25) is 9.59 Å². The van der Waals surface area contributed by atoms with E-state index < -0.39 is 6.04 Å². The molecule has 2 heterocycles. The lowest BCUT2D eigenvalue weighted by atomic mass is 10.1. The standard InChI is InChI=1S/C20H23ClN4O4S/c1-13(21)12-29-18-9-14(6-7-17(18)28-2)11-25(20(27)15-10-23-30-24-15)16-5-3-4-8-22-19(16)26/h6-7,9-10,16H,1,3-5,8,11-12H2,2H3,(H,22,26)/t16-/m0/s1. The Morgan fingerprint density at radius 2 is 2.23 bits per heavy atom. The molecule has 160 valence electrons. The van der Waals surface area contributed by atoms with Crippen LogP contribution in [0.2, 0.25) is 0 Å². The van der Waals surface area contributed by atoms with Gasteiger partial charge in [0.15, 0.2) is 17.2 Å². The predicted octanol–water partition coefficient (Wildman–Crippen LogP) is 2.99. The molecule has 0 bridgehead atoms. The summed E-state index contributed by atoms with van der Waals surface area (Å²) in [6.07, 6.45) is 3.73. The molecule has 10 heteroatoms. The van der Waals surface area contributed by atoms with E-state index in [9.17, 15) is 9.59 Å². The summed E-state index contributed by atoms with van der Waals surface area (Å²) in [4.78, 5) is 27.4. The van der Waals surface area contributed by atoms with Gasteiger partial charge in [-0.1, -0.05) is 24.2 Å². The summed E-state index contributed by atoms with van der Waals surface area (Å²) in [7, 11) is 1.54. The van der Waals surface area contributed by atoms with Gasteiger partial charge in [0.25, 0.3) is 5.91 Å². The van der Waals surface area contributed by atoms with E-state index >= 15 is 0 Å². The van der Waals surface area contributed by atoms with Crippen LogP contribution in [0, 0.1) is 0 Å². The third-order valence-corrected chi connectivity index (χ3v) is 5.28. The van der Waals surface area contributed by atoms with Gasteiger partial charge in [0, 0.05) is 18.1 Å². The van der Waals surface area contributed by atoms with Crippen molar-refractivity contribution in [3.63, 3.8) is 0 Å². The van der Waals surface area contributed by atoms with Crippen molar-refractivity contribution in [2.24, 2.45) is 0 Å². The van der Waals surface area contributed by atoms with Crippen LogP contribution in [0.15, 0.2) is 36.0 Å². The lowest BCUT2D eigenvalue weighted by Crippen LogP contribution is -2.48. The molecule has 2 amide bonds. The average Bonchev–Trinajstić information content (AvgIpc) is 3.19. The summed E-state index contributed by atoms with van der Waals surface area (Å²) in [6, 6.07) is 4.76. The fourth-order valence-corrected chi connectivity index (χ4v) is 3.70. The minimum absolute atomic E-state index is 0.125. The molecule has 0 aliphatic carbocycles. The number of methoxy groups -OCH3 is 1. The molecule has 0 spiro atoms. The highest BCUT2D eigenvalue weighted by Crippen LogP contribution is 2.30. The van der Waals surface area contributed by atoms with E-state index in [4.69, 9.17) is 21.1 Å². The van der Waals surface area contributed by atoms with Crippen molar-refractivity contribution in [3.05, 3.63) is 47.3 Å². The van der Waals surface area contributed by atoms with Crippen LogP contribution in [-0.2, 0) is 11.3 Å². The first-order valence-electron chi connectivity index (χ1n) is 9.49. The van der Waals surface area contributed by atoms with Crippen LogP contribution < -0.4 is 14.8 Å². The Bertz CT molecular complexity index is 906. The third-order valence-electron chi connectivity index (χ3n) is 4.69. The fourth-order valence-electron chi connectivity index (χ4n) is 3.24. The Hall–Kier alpha value is -2.65. The maximum Gasteiger partial charge on any atom is 0.276 e. The van der Waals surface area contributed by atoms with Gasteiger partial charge in [-0.25, -0.2) is 0 Å². The average molecular weight is 451 g/mol. The van der Waals surface area contributed by atoms with E-state index in [1.165, 1.54) is 13.3 Å². The number of benzene rings is 1. The van der Waals surface area contributed by atoms with Crippen molar-refractivity contribution in [1.29, 1.82) is 0 Å². The van der Waals surface area contributed by atoms with Gasteiger partial charge in [0.05, 0.1) is 25.0 Å². The summed E-state index contributed by atoms with van der Waals surface area (Å²) in [5.74, 6) is 0.515. The van der Waals surface area contributed by atoms with Gasteiger partial charge >= 0.3 is 0 Å². The Balaban J connectivity index is 1.90. The molecule has 2 aromatic rings. The van der Waals surface area contributed by atoms with Crippen LogP contribution in [0.1, 0.15) is 35.3 Å². The van der Waals surface area contributed by atoms with E-state index in [1.54, 1.807) is 17.0 Å². The minimum atomic E-state index is -0.587. The summed E-state index contributed by atoms with van der Waals surface area (Å²) in [6.45, 7) is 4.56. The number of ether oxygens (including phenoxy) is 2. The van der Waals surface area contributed by atoms with Crippen molar-refractivity contribution in [2.75, 3.05) is 20.3 Å². The van der Waals surface area contributed by atoms with Crippen LogP contribution in [-0.4, -0.2) is 51.8 Å². The number of nitrogens with one attached hydrogen (secondary N) is 1. The number of halogens is 1. The molecule has 0 saturated carbocycles. The van der Waals surface area contributed by atoms with Crippen LogP contribution in [0.3, 0.4) is 0 Å². The molecule has 0 radical (unpaired) electrons. The largest absolute Gasteiger partial charge is 0.493 e. The number of carbonyl (C=O) groups is 2. The van der Waals surface area contributed by atoms with Gasteiger partial charge in [0.1, 0.15) is 12.6 Å². The van der Waals surface area contributed by atoms with Gasteiger partial charge in [-0.15, -0.1) is 0 Å².